The second-order valence-corrected chi connectivity index (χ2v) is 5.46. The van der Waals surface area contributed by atoms with Crippen molar-refractivity contribution >= 4 is 11.9 Å². The van der Waals surface area contributed by atoms with Crippen LogP contribution in [-0.2, 0) is 26.2 Å². The number of benzene rings is 2. The summed E-state index contributed by atoms with van der Waals surface area (Å²) in [6.45, 7) is 3.71. The van der Waals surface area contributed by atoms with Gasteiger partial charge in [-0.1, -0.05) is 60.2 Å². The van der Waals surface area contributed by atoms with E-state index in [-0.39, 0.29) is 13.0 Å². The summed E-state index contributed by atoms with van der Waals surface area (Å²) in [7, 11) is 0. The van der Waals surface area contributed by atoms with E-state index >= 15 is 0 Å². The monoisotopic (exact) mass is 312 g/mol. The van der Waals surface area contributed by atoms with Crippen LogP contribution in [0, 0.1) is 6.92 Å². The van der Waals surface area contributed by atoms with Crippen LogP contribution in [0.4, 0.5) is 0 Å². The van der Waals surface area contributed by atoms with Crippen molar-refractivity contribution in [2.45, 2.75) is 25.7 Å². The SMILES string of the molecule is CCOC(=O)C(Cc1ccccc1)(C(=O)O)c1ccc(C)cc1. The maximum atomic E-state index is 12.6. The third-order valence-corrected chi connectivity index (χ3v) is 3.85. The van der Waals surface area contributed by atoms with E-state index in [1.165, 1.54) is 0 Å². The summed E-state index contributed by atoms with van der Waals surface area (Å²) in [4.78, 5) is 24.7. The fraction of sp³-hybridized carbons (Fsp3) is 0.263. The van der Waals surface area contributed by atoms with Crippen molar-refractivity contribution in [3.05, 3.63) is 71.3 Å². The summed E-state index contributed by atoms with van der Waals surface area (Å²) in [5.41, 5.74) is 0.448. The van der Waals surface area contributed by atoms with E-state index < -0.39 is 17.4 Å². The molecule has 0 heterocycles. The molecule has 23 heavy (non-hydrogen) atoms. The van der Waals surface area contributed by atoms with Gasteiger partial charge in [0, 0.05) is 6.42 Å². The number of carbonyl (C=O) groups is 2. The van der Waals surface area contributed by atoms with Crippen LogP contribution in [0.2, 0.25) is 0 Å². The molecule has 0 saturated heterocycles. The second-order valence-electron chi connectivity index (χ2n) is 5.46. The van der Waals surface area contributed by atoms with Crippen LogP contribution >= 0.6 is 0 Å². The molecule has 120 valence electrons. The van der Waals surface area contributed by atoms with Gasteiger partial charge in [0.05, 0.1) is 6.61 Å². The Morgan fingerprint density at radius 2 is 1.65 bits per heavy atom. The molecule has 0 aliphatic heterocycles. The van der Waals surface area contributed by atoms with Gasteiger partial charge in [0.2, 0.25) is 0 Å². The Kier molecular flexibility index (Phi) is 5.16. The Hall–Kier alpha value is -2.62. The lowest BCUT2D eigenvalue weighted by molar-refractivity contribution is -0.161. The first kappa shape index (κ1) is 16.7. The van der Waals surface area contributed by atoms with Crippen LogP contribution in [0.5, 0.6) is 0 Å². The zero-order chi connectivity index (χ0) is 16.9. The van der Waals surface area contributed by atoms with Gasteiger partial charge in [-0.3, -0.25) is 9.59 Å². The number of ether oxygens (including phenoxy) is 1. The first-order valence-electron chi connectivity index (χ1n) is 7.52. The summed E-state index contributed by atoms with van der Waals surface area (Å²) in [6, 6.07) is 16.1. The zero-order valence-corrected chi connectivity index (χ0v) is 13.3. The molecule has 0 spiro atoms. The van der Waals surface area contributed by atoms with Crippen molar-refractivity contribution in [2.24, 2.45) is 0 Å². The highest BCUT2D eigenvalue weighted by Gasteiger charge is 2.49. The van der Waals surface area contributed by atoms with Crippen molar-refractivity contribution in [2.75, 3.05) is 6.61 Å². The van der Waals surface area contributed by atoms with E-state index in [0.717, 1.165) is 11.1 Å². The second kappa shape index (κ2) is 7.09. The number of aliphatic carboxylic acids is 1. The van der Waals surface area contributed by atoms with Gasteiger partial charge in [-0.05, 0) is 25.0 Å². The number of carboxylic acids is 1. The van der Waals surface area contributed by atoms with E-state index in [1.807, 2.05) is 37.3 Å². The van der Waals surface area contributed by atoms with Crippen LogP contribution in [-0.4, -0.2) is 23.7 Å². The summed E-state index contributed by atoms with van der Waals surface area (Å²) < 4.78 is 5.11. The van der Waals surface area contributed by atoms with E-state index in [0.29, 0.717) is 5.56 Å². The maximum absolute atomic E-state index is 12.6. The van der Waals surface area contributed by atoms with Crippen LogP contribution in [0.3, 0.4) is 0 Å². The van der Waals surface area contributed by atoms with Gasteiger partial charge in [0.15, 0.2) is 5.41 Å². The third-order valence-electron chi connectivity index (χ3n) is 3.85. The topological polar surface area (TPSA) is 63.6 Å². The molecule has 1 unspecified atom stereocenters. The third kappa shape index (κ3) is 3.42. The van der Waals surface area contributed by atoms with Crippen molar-refractivity contribution < 1.29 is 19.4 Å². The van der Waals surface area contributed by atoms with Crippen molar-refractivity contribution in [3.8, 4) is 0 Å². The van der Waals surface area contributed by atoms with E-state index in [4.69, 9.17) is 4.74 Å². The quantitative estimate of drug-likeness (QED) is 0.657. The molecule has 0 saturated carbocycles. The molecule has 0 aliphatic rings. The predicted molar refractivity (Wildman–Crippen MR) is 87.3 cm³/mol. The molecule has 2 aromatic rings. The highest BCUT2D eigenvalue weighted by atomic mass is 16.5. The molecular formula is C19H20O4. The summed E-state index contributed by atoms with van der Waals surface area (Å²) in [6.07, 6.45) is 0.0467. The Morgan fingerprint density at radius 1 is 1.04 bits per heavy atom. The molecule has 4 nitrogen and oxygen atoms in total. The van der Waals surface area contributed by atoms with Gasteiger partial charge in [-0.15, -0.1) is 0 Å². The number of esters is 1. The van der Waals surface area contributed by atoms with Crippen LogP contribution in [0.15, 0.2) is 54.6 Å². The smallest absolute Gasteiger partial charge is 0.328 e. The van der Waals surface area contributed by atoms with Crippen LogP contribution < -0.4 is 0 Å². The predicted octanol–water partition coefficient (Wildman–Crippen LogP) is 3.12. The van der Waals surface area contributed by atoms with Crippen molar-refractivity contribution in [3.63, 3.8) is 0 Å². The fourth-order valence-electron chi connectivity index (χ4n) is 2.57. The lowest BCUT2D eigenvalue weighted by atomic mass is 9.75. The highest BCUT2D eigenvalue weighted by molar-refractivity contribution is 6.06. The van der Waals surface area contributed by atoms with Crippen molar-refractivity contribution in [1.29, 1.82) is 0 Å². The van der Waals surface area contributed by atoms with Gasteiger partial charge in [-0.2, -0.15) is 0 Å². The highest BCUT2D eigenvalue weighted by Crippen LogP contribution is 2.31. The number of hydrogen-bond acceptors (Lipinski definition) is 3. The number of aryl methyl sites for hydroxylation is 1. The van der Waals surface area contributed by atoms with Gasteiger partial charge in [0.25, 0.3) is 0 Å². The Balaban J connectivity index is 2.57. The molecule has 2 rings (SSSR count). The minimum Gasteiger partial charge on any atom is -0.480 e. The first-order chi connectivity index (χ1) is 11.0. The molecule has 4 heteroatoms. The Labute approximate surface area is 135 Å². The molecule has 1 N–H and O–H groups in total. The molecule has 0 bridgehead atoms. The average molecular weight is 312 g/mol. The zero-order valence-electron chi connectivity index (χ0n) is 13.3. The van der Waals surface area contributed by atoms with Crippen LogP contribution in [0.1, 0.15) is 23.6 Å². The molecule has 0 radical (unpaired) electrons. The molecule has 0 amide bonds. The summed E-state index contributed by atoms with van der Waals surface area (Å²) in [5.74, 6) is -1.94. The van der Waals surface area contributed by atoms with Gasteiger partial charge in [-0.25, -0.2) is 0 Å². The fourth-order valence-corrected chi connectivity index (χ4v) is 2.57. The molecular weight excluding hydrogens is 292 g/mol. The van der Waals surface area contributed by atoms with Gasteiger partial charge >= 0.3 is 11.9 Å². The Morgan fingerprint density at radius 3 is 2.17 bits per heavy atom. The minimum atomic E-state index is -1.74. The minimum absolute atomic E-state index is 0.0467. The van der Waals surface area contributed by atoms with Gasteiger partial charge < -0.3 is 9.84 Å². The molecule has 0 aromatic heterocycles. The molecule has 0 fully saturated rings. The lowest BCUT2D eigenvalue weighted by Gasteiger charge is -2.28. The number of hydrogen-bond donors (Lipinski definition) is 1. The summed E-state index contributed by atoms with van der Waals surface area (Å²) in [5, 5.41) is 9.90. The normalized spacial score (nSPS) is 13.1. The standard InChI is InChI=1S/C19H20O4/c1-3-23-18(22)19(17(20)21,13-15-7-5-4-6-8-15)16-11-9-14(2)10-12-16/h4-12H,3,13H2,1-2H3,(H,20,21). The molecule has 0 aliphatic carbocycles. The largest absolute Gasteiger partial charge is 0.480 e. The van der Waals surface area contributed by atoms with E-state index in [1.54, 1.807) is 31.2 Å². The van der Waals surface area contributed by atoms with Crippen LogP contribution in [0.25, 0.3) is 0 Å². The van der Waals surface area contributed by atoms with Gasteiger partial charge in [0.1, 0.15) is 0 Å². The summed E-state index contributed by atoms with van der Waals surface area (Å²) >= 11 is 0. The number of carbonyl (C=O) groups excluding carboxylic acids is 1. The lowest BCUT2D eigenvalue weighted by Crippen LogP contribution is -2.47. The maximum Gasteiger partial charge on any atom is 0.328 e. The number of carboxylic acid groups (broad SMARTS) is 1. The number of rotatable bonds is 6. The molecule has 2 aromatic carbocycles. The average Bonchev–Trinajstić information content (AvgIpc) is 2.54. The molecule has 1 atom stereocenters. The van der Waals surface area contributed by atoms with Crippen molar-refractivity contribution in [1.82, 2.24) is 0 Å². The van der Waals surface area contributed by atoms with E-state index in [2.05, 4.69) is 0 Å². The van der Waals surface area contributed by atoms with E-state index in [9.17, 15) is 14.7 Å². The first-order valence-corrected chi connectivity index (χ1v) is 7.52. The Bertz CT molecular complexity index is 676.